The number of ether oxygens (including phenoxy) is 2. The van der Waals surface area contributed by atoms with Gasteiger partial charge in [-0.3, -0.25) is 4.79 Å². The highest BCUT2D eigenvalue weighted by molar-refractivity contribution is 5.69. The van der Waals surface area contributed by atoms with Crippen LogP contribution >= 0.6 is 0 Å². The molecule has 0 radical (unpaired) electrons. The summed E-state index contributed by atoms with van der Waals surface area (Å²) in [5, 5.41) is 3.33. The molecule has 1 aromatic rings. The molecule has 0 bridgehead atoms. The van der Waals surface area contributed by atoms with Crippen LogP contribution in [0.3, 0.4) is 0 Å². The fraction of sp³-hybridized carbons (Fsp3) is 0.588. The monoisotopic (exact) mass is 309 g/mol. The van der Waals surface area contributed by atoms with Crippen LogP contribution in [0.2, 0.25) is 0 Å². The van der Waals surface area contributed by atoms with E-state index in [-0.39, 0.29) is 18.2 Å². The number of esters is 1. The second-order valence-corrected chi connectivity index (χ2v) is 5.58. The van der Waals surface area contributed by atoms with Gasteiger partial charge in [0.15, 0.2) is 0 Å². The van der Waals surface area contributed by atoms with E-state index in [1.807, 2.05) is 0 Å². The first-order valence-corrected chi connectivity index (χ1v) is 7.96. The quantitative estimate of drug-likeness (QED) is 0.787. The zero-order chi connectivity index (χ0) is 15.8. The Morgan fingerprint density at radius 3 is 3.00 bits per heavy atom. The maximum absolute atomic E-state index is 14.0. The number of nitrogens with one attached hydrogen (secondary N) is 1. The Kier molecular flexibility index (Phi) is 6.65. The Labute approximate surface area is 131 Å². The number of hydrogen-bond donors (Lipinski definition) is 1. The molecule has 1 unspecified atom stereocenters. The van der Waals surface area contributed by atoms with Crippen LogP contribution in [0, 0.1) is 11.7 Å². The normalized spacial score (nSPS) is 18.0. The Morgan fingerprint density at radius 2 is 2.32 bits per heavy atom. The van der Waals surface area contributed by atoms with Gasteiger partial charge in [0.2, 0.25) is 0 Å². The predicted octanol–water partition coefficient (Wildman–Crippen LogP) is 2.70. The van der Waals surface area contributed by atoms with Gasteiger partial charge in [-0.05, 0) is 44.4 Å². The number of aryl methyl sites for hydroxylation is 1. The van der Waals surface area contributed by atoms with Gasteiger partial charge in [-0.1, -0.05) is 6.07 Å². The molecule has 4 nitrogen and oxygen atoms in total. The lowest BCUT2D eigenvalue weighted by atomic mass is 10.0. The maximum atomic E-state index is 14.0. The van der Waals surface area contributed by atoms with Crippen molar-refractivity contribution >= 4 is 5.97 Å². The summed E-state index contributed by atoms with van der Waals surface area (Å²) in [6.45, 7) is 4.74. The number of hydrogen-bond acceptors (Lipinski definition) is 4. The van der Waals surface area contributed by atoms with Gasteiger partial charge < -0.3 is 14.8 Å². The Morgan fingerprint density at radius 1 is 1.45 bits per heavy atom. The first kappa shape index (κ1) is 16.7. The molecule has 22 heavy (non-hydrogen) atoms. The first-order chi connectivity index (χ1) is 10.7. The highest BCUT2D eigenvalue weighted by Gasteiger charge is 2.14. The van der Waals surface area contributed by atoms with Crippen molar-refractivity contribution < 1.29 is 18.7 Å². The fourth-order valence-corrected chi connectivity index (χ4v) is 2.57. The van der Waals surface area contributed by atoms with Crippen molar-refractivity contribution in [2.24, 2.45) is 5.92 Å². The summed E-state index contributed by atoms with van der Waals surface area (Å²) in [4.78, 5) is 11.3. The van der Waals surface area contributed by atoms with E-state index in [2.05, 4.69) is 5.32 Å². The third-order valence-corrected chi connectivity index (χ3v) is 3.81. The molecule has 1 fully saturated rings. The summed E-state index contributed by atoms with van der Waals surface area (Å²) in [6.07, 6.45) is 2.85. The summed E-state index contributed by atoms with van der Waals surface area (Å²) in [7, 11) is 0. The zero-order valence-corrected chi connectivity index (χ0v) is 13.1. The molecule has 0 saturated carbocycles. The molecule has 1 N–H and O–H groups in total. The Bertz CT molecular complexity index is 487. The molecule has 0 aliphatic carbocycles. The van der Waals surface area contributed by atoms with E-state index < -0.39 is 0 Å². The topological polar surface area (TPSA) is 47.6 Å². The van der Waals surface area contributed by atoms with Gasteiger partial charge in [0, 0.05) is 24.9 Å². The fourth-order valence-electron chi connectivity index (χ4n) is 2.57. The number of carbonyl (C=O) groups excluding carboxylic acids is 1. The summed E-state index contributed by atoms with van der Waals surface area (Å²) in [5.41, 5.74) is 0.514. The highest BCUT2D eigenvalue weighted by Crippen LogP contribution is 2.20. The highest BCUT2D eigenvalue weighted by atomic mass is 19.1. The van der Waals surface area contributed by atoms with Crippen molar-refractivity contribution in [2.75, 3.05) is 26.3 Å². The summed E-state index contributed by atoms with van der Waals surface area (Å²) >= 11 is 0. The molecule has 1 aliphatic heterocycles. The predicted molar refractivity (Wildman–Crippen MR) is 82.4 cm³/mol. The summed E-state index contributed by atoms with van der Waals surface area (Å²) < 4.78 is 24.5. The minimum absolute atomic E-state index is 0.193. The molecule has 1 aromatic carbocycles. The first-order valence-electron chi connectivity index (χ1n) is 7.96. The summed E-state index contributed by atoms with van der Waals surface area (Å²) in [6, 6.07) is 4.85. The van der Waals surface area contributed by atoms with Crippen molar-refractivity contribution in [3.8, 4) is 5.75 Å². The van der Waals surface area contributed by atoms with E-state index in [4.69, 9.17) is 9.47 Å². The van der Waals surface area contributed by atoms with Crippen LogP contribution in [0.15, 0.2) is 18.2 Å². The maximum Gasteiger partial charge on any atom is 0.306 e. The van der Waals surface area contributed by atoms with Crippen LogP contribution in [0.25, 0.3) is 0 Å². The van der Waals surface area contributed by atoms with E-state index in [1.165, 1.54) is 6.07 Å². The van der Waals surface area contributed by atoms with Gasteiger partial charge in [0.25, 0.3) is 0 Å². The van der Waals surface area contributed by atoms with Crippen molar-refractivity contribution in [2.45, 2.75) is 32.6 Å². The van der Waals surface area contributed by atoms with Gasteiger partial charge in [0.05, 0.1) is 13.2 Å². The van der Waals surface area contributed by atoms with Crippen molar-refractivity contribution in [3.63, 3.8) is 0 Å². The third-order valence-electron chi connectivity index (χ3n) is 3.81. The van der Waals surface area contributed by atoms with Crippen LogP contribution in [-0.4, -0.2) is 32.3 Å². The number of piperidine rings is 1. The molecule has 1 heterocycles. The molecule has 1 aliphatic rings. The standard InChI is InChI=1S/C17H24FNO3/c1-2-21-17(20)8-6-14-5-7-15(10-16(14)18)22-12-13-4-3-9-19-11-13/h5,7,10,13,19H,2-4,6,8-9,11-12H2,1H3. The second-order valence-electron chi connectivity index (χ2n) is 5.58. The zero-order valence-electron chi connectivity index (χ0n) is 13.1. The average molecular weight is 309 g/mol. The molecular formula is C17H24FNO3. The summed E-state index contributed by atoms with van der Waals surface area (Å²) in [5.74, 6) is 0.402. The molecule has 0 spiro atoms. The molecule has 122 valence electrons. The van der Waals surface area contributed by atoms with Gasteiger partial charge in [0.1, 0.15) is 11.6 Å². The molecule has 1 saturated heterocycles. The largest absolute Gasteiger partial charge is 0.493 e. The Hall–Kier alpha value is -1.62. The lowest BCUT2D eigenvalue weighted by molar-refractivity contribution is -0.143. The molecule has 0 aromatic heterocycles. The van der Waals surface area contributed by atoms with Crippen molar-refractivity contribution in [1.29, 1.82) is 0 Å². The molecule has 2 rings (SSSR count). The number of rotatable bonds is 7. The van der Waals surface area contributed by atoms with Crippen LogP contribution in [0.5, 0.6) is 5.75 Å². The van der Waals surface area contributed by atoms with Gasteiger partial charge in [-0.2, -0.15) is 0 Å². The van der Waals surface area contributed by atoms with E-state index in [9.17, 15) is 9.18 Å². The smallest absolute Gasteiger partial charge is 0.306 e. The van der Waals surface area contributed by atoms with E-state index >= 15 is 0 Å². The van der Waals surface area contributed by atoms with Gasteiger partial charge >= 0.3 is 5.97 Å². The van der Waals surface area contributed by atoms with E-state index in [0.29, 0.717) is 36.9 Å². The molecule has 0 amide bonds. The van der Waals surface area contributed by atoms with Crippen LogP contribution < -0.4 is 10.1 Å². The average Bonchev–Trinajstić information content (AvgIpc) is 2.53. The van der Waals surface area contributed by atoms with Crippen molar-refractivity contribution in [3.05, 3.63) is 29.6 Å². The van der Waals surface area contributed by atoms with Crippen LogP contribution in [-0.2, 0) is 16.0 Å². The minimum Gasteiger partial charge on any atom is -0.493 e. The number of halogens is 1. The lowest BCUT2D eigenvalue weighted by Crippen LogP contribution is -2.33. The Balaban J connectivity index is 1.82. The van der Waals surface area contributed by atoms with E-state index in [0.717, 1.165) is 25.9 Å². The van der Waals surface area contributed by atoms with Gasteiger partial charge in [-0.15, -0.1) is 0 Å². The van der Waals surface area contributed by atoms with Crippen molar-refractivity contribution in [1.82, 2.24) is 5.32 Å². The van der Waals surface area contributed by atoms with Crippen LogP contribution in [0.4, 0.5) is 4.39 Å². The van der Waals surface area contributed by atoms with Gasteiger partial charge in [-0.25, -0.2) is 4.39 Å². The number of benzene rings is 1. The second kappa shape index (κ2) is 8.73. The minimum atomic E-state index is -0.330. The molecule has 1 atom stereocenters. The van der Waals surface area contributed by atoms with E-state index in [1.54, 1.807) is 19.1 Å². The molecule has 5 heteroatoms. The SMILES string of the molecule is CCOC(=O)CCc1ccc(OCC2CCCNC2)cc1F. The number of carbonyl (C=O) groups is 1. The molecular weight excluding hydrogens is 285 g/mol. The lowest BCUT2D eigenvalue weighted by Gasteiger charge is -2.22. The third kappa shape index (κ3) is 5.30. The van der Waals surface area contributed by atoms with Crippen LogP contribution in [0.1, 0.15) is 31.7 Å².